The molecule has 0 amide bonds. The van der Waals surface area contributed by atoms with Crippen molar-refractivity contribution in [3.8, 4) is 5.75 Å². The fourth-order valence-electron chi connectivity index (χ4n) is 2.27. The van der Waals surface area contributed by atoms with E-state index in [9.17, 15) is 0 Å². The number of hydrogen-bond acceptors (Lipinski definition) is 2. The van der Waals surface area contributed by atoms with Gasteiger partial charge in [0.25, 0.3) is 0 Å². The van der Waals surface area contributed by atoms with E-state index in [2.05, 4.69) is 27.3 Å². The van der Waals surface area contributed by atoms with Gasteiger partial charge in [0.15, 0.2) is 0 Å². The molecule has 0 heterocycles. The lowest BCUT2D eigenvalue weighted by Gasteiger charge is -2.14. The van der Waals surface area contributed by atoms with E-state index in [-0.39, 0.29) is 17.0 Å². The summed E-state index contributed by atoms with van der Waals surface area (Å²) < 4.78 is 6.46. The molecule has 1 fully saturated rings. The maximum atomic E-state index is 5.35. The predicted molar refractivity (Wildman–Crippen MR) is 80.1 cm³/mol. The number of rotatable bonds is 4. The van der Waals surface area contributed by atoms with Crippen molar-refractivity contribution in [2.24, 2.45) is 0 Å². The molecule has 1 aliphatic carbocycles. The Morgan fingerprint density at radius 3 is 2.71 bits per heavy atom. The lowest BCUT2D eigenvalue weighted by atomic mass is 10.1. The third-order valence-electron chi connectivity index (χ3n) is 3.18. The van der Waals surface area contributed by atoms with Crippen molar-refractivity contribution in [3.63, 3.8) is 0 Å². The second-order valence-corrected chi connectivity index (χ2v) is 5.23. The number of halogens is 2. The Bertz CT molecular complexity index is 351. The van der Waals surface area contributed by atoms with E-state index in [1.54, 1.807) is 7.11 Å². The zero-order valence-electron chi connectivity index (χ0n) is 10.0. The van der Waals surface area contributed by atoms with Crippen LogP contribution in [0.15, 0.2) is 22.7 Å². The van der Waals surface area contributed by atoms with Crippen molar-refractivity contribution in [2.75, 3.05) is 7.11 Å². The summed E-state index contributed by atoms with van der Waals surface area (Å²) in [5, 5.41) is 3.60. The van der Waals surface area contributed by atoms with Crippen LogP contribution in [-0.2, 0) is 6.54 Å². The Morgan fingerprint density at radius 2 is 2.06 bits per heavy atom. The van der Waals surface area contributed by atoms with Crippen LogP contribution in [0.4, 0.5) is 0 Å². The molecule has 96 valence electrons. The third-order valence-corrected chi connectivity index (χ3v) is 3.67. The maximum Gasteiger partial charge on any atom is 0.123 e. The summed E-state index contributed by atoms with van der Waals surface area (Å²) in [6, 6.07) is 6.85. The van der Waals surface area contributed by atoms with Crippen LogP contribution in [-0.4, -0.2) is 13.2 Å². The summed E-state index contributed by atoms with van der Waals surface area (Å²) in [4.78, 5) is 0. The van der Waals surface area contributed by atoms with Crippen molar-refractivity contribution < 1.29 is 4.74 Å². The molecule has 0 saturated heterocycles. The van der Waals surface area contributed by atoms with Crippen LogP contribution in [0.5, 0.6) is 5.75 Å². The van der Waals surface area contributed by atoms with Gasteiger partial charge in [0.2, 0.25) is 0 Å². The van der Waals surface area contributed by atoms with Crippen LogP contribution < -0.4 is 10.1 Å². The van der Waals surface area contributed by atoms with Crippen molar-refractivity contribution in [3.05, 3.63) is 28.2 Å². The Kier molecular flexibility index (Phi) is 6.52. The van der Waals surface area contributed by atoms with E-state index in [4.69, 9.17) is 4.74 Å². The van der Waals surface area contributed by atoms with E-state index in [0.717, 1.165) is 16.8 Å². The van der Waals surface area contributed by atoms with Gasteiger partial charge in [-0.15, -0.1) is 17.0 Å². The molecule has 1 aliphatic rings. The summed E-state index contributed by atoms with van der Waals surface area (Å²) in [5.41, 5.74) is 1.23. The highest BCUT2D eigenvalue weighted by Gasteiger charge is 2.14. The number of nitrogens with one attached hydrogen (secondary N) is 1. The van der Waals surface area contributed by atoms with E-state index >= 15 is 0 Å². The van der Waals surface area contributed by atoms with E-state index in [1.165, 1.54) is 31.2 Å². The van der Waals surface area contributed by atoms with Gasteiger partial charge < -0.3 is 10.1 Å². The molecule has 1 N–H and O–H groups in total. The van der Waals surface area contributed by atoms with Crippen molar-refractivity contribution >= 4 is 32.9 Å². The molecule has 1 saturated carbocycles. The standard InChI is InChI=1S/C13H18BrNO.BrH/c1-16-13-7-6-11(14)8-10(13)9-15-12-4-2-3-5-12;/h6-8,12,15H,2-5,9H2,1H3;1H. The molecular weight excluding hydrogens is 346 g/mol. The van der Waals surface area contributed by atoms with E-state index in [1.807, 2.05) is 12.1 Å². The predicted octanol–water partition coefficient (Wildman–Crippen LogP) is 4.07. The van der Waals surface area contributed by atoms with Gasteiger partial charge in [0.1, 0.15) is 5.75 Å². The van der Waals surface area contributed by atoms with Crippen LogP contribution in [0.3, 0.4) is 0 Å². The van der Waals surface area contributed by atoms with Gasteiger partial charge in [-0.3, -0.25) is 0 Å². The zero-order valence-corrected chi connectivity index (χ0v) is 13.3. The van der Waals surface area contributed by atoms with E-state index in [0.29, 0.717) is 6.04 Å². The van der Waals surface area contributed by atoms with Crippen LogP contribution in [0.25, 0.3) is 0 Å². The largest absolute Gasteiger partial charge is 0.496 e. The molecule has 0 bridgehead atoms. The van der Waals surface area contributed by atoms with Gasteiger partial charge in [-0.05, 0) is 31.0 Å². The van der Waals surface area contributed by atoms with Crippen molar-refractivity contribution in [1.82, 2.24) is 5.32 Å². The minimum atomic E-state index is 0. The molecule has 2 rings (SSSR count). The van der Waals surface area contributed by atoms with Gasteiger partial charge in [-0.1, -0.05) is 28.8 Å². The molecule has 0 aromatic heterocycles. The average molecular weight is 365 g/mol. The highest BCUT2D eigenvalue weighted by atomic mass is 79.9. The summed E-state index contributed by atoms with van der Waals surface area (Å²) in [6.45, 7) is 0.896. The molecule has 0 unspecified atom stereocenters. The molecule has 17 heavy (non-hydrogen) atoms. The first kappa shape index (κ1) is 15.0. The van der Waals surface area contributed by atoms with Crippen LogP contribution in [0, 0.1) is 0 Å². The lowest BCUT2D eigenvalue weighted by Crippen LogP contribution is -2.25. The fourth-order valence-corrected chi connectivity index (χ4v) is 2.68. The summed E-state index contributed by atoms with van der Waals surface area (Å²) in [6.07, 6.45) is 5.37. The summed E-state index contributed by atoms with van der Waals surface area (Å²) in [5.74, 6) is 0.966. The molecule has 1 aromatic carbocycles. The van der Waals surface area contributed by atoms with Gasteiger partial charge in [-0.25, -0.2) is 0 Å². The SMILES string of the molecule is Br.COc1ccc(Br)cc1CNC1CCCC1. The normalized spacial score (nSPS) is 15.6. The molecule has 4 heteroatoms. The molecular formula is C13H19Br2NO. The van der Waals surface area contributed by atoms with Crippen LogP contribution >= 0.6 is 32.9 Å². The topological polar surface area (TPSA) is 21.3 Å². The molecule has 0 atom stereocenters. The number of methoxy groups -OCH3 is 1. The second kappa shape index (κ2) is 7.39. The monoisotopic (exact) mass is 363 g/mol. The molecule has 1 aromatic rings. The summed E-state index contributed by atoms with van der Waals surface area (Å²) in [7, 11) is 1.72. The zero-order chi connectivity index (χ0) is 11.4. The number of ether oxygens (including phenoxy) is 1. The first-order valence-electron chi connectivity index (χ1n) is 5.85. The van der Waals surface area contributed by atoms with E-state index < -0.39 is 0 Å². The smallest absolute Gasteiger partial charge is 0.123 e. The Balaban J connectivity index is 0.00000144. The first-order valence-corrected chi connectivity index (χ1v) is 6.64. The van der Waals surface area contributed by atoms with Crippen molar-refractivity contribution in [2.45, 2.75) is 38.3 Å². The molecule has 0 radical (unpaired) electrons. The quantitative estimate of drug-likeness (QED) is 0.869. The third kappa shape index (κ3) is 4.27. The lowest BCUT2D eigenvalue weighted by molar-refractivity contribution is 0.405. The van der Waals surface area contributed by atoms with Gasteiger partial charge >= 0.3 is 0 Å². The first-order chi connectivity index (χ1) is 7.79. The fraction of sp³-hybridized carbons (Fsp3) is 0.538. The Hall–Kier alpha value is -0.0600. The van der Waals surface area contributed by atoms with Crippen LogP contribution in [0.1, 0.15) is 31.2 Å². The van der Waals surface area contributed by atoms with Gasteiger partial charge in [0.05, 0.1) is 7.11 Å². The minimum absolute atomic E-state index is 0. The number of benzene rings is 1. The van der Waals surface area contributed by atoms with Gasteiger partial charge in [0, 0.05) is 22.6 Å². The Morgan fingerprint density at radius 1 is 1.35 bits per heavy atom. The second-order valence-electron chi connectivity index (χ2n) is 4.32. The summed E-state index contributed by atoms with van der Waals surface area (Å²) >= 11 is 3.50. The highest BCUT2D eigenvalue weighted by molar-refractivity contribution is 9.10. The molecule has 0 spiro atoms. The van der Waals surface area contributed by atoms with Crippen LogP contribution in [0.2, 0.25) is 0 Å². The van der Waals surface area contributed by atoms with Gasteiger partial charge in [-0.2, -0.15) is 0 Å². The minimum Gasteiger partial charge on any atom is -0.496 e. The average Bonchev–Trinajstić information content (AvgIpc) is 2.79. The Labute approximate surface area is 122 Å². The maximum absolute atomic E-state index is 5.35. The highest BCUT2D eigenvalue weighted by Crippen LogP contribution is 2.24. The molecule has 2 nitrogen and oxygen atoms in total. The molecule has 0 aliphatic heterocycles. The number of hydrogen-bond donors (Lipinski definition) is 1. The van der Waals surface area contributed by atoms with Crippen molar-refractivity contribution in [1.29, 1.82) is 0 Å².